The van der Waals surface area contributed by atoms with E-state index in [9.17, 15) is 0 Å². The Balaban J connectivity index is -0.000000242. The quantitative estimate of drug-likeness (QED) is 0.489. The van der Waals surface area contributed by atoms with E-state index in [0.29, 0.717) is 0 Å². The maximum atomic E-state index is 4.93. The molecule has 0 aromatic heterocycles. The van der Waals surface area contributed by atoms with Crippen LogP contribution in [-0.4, -0.2) is 0 Å². The topological polar surface area (TPSA) is 0 Å². The number of hydrogen-bond donors (Lipinski definition) is 0. The molecule has 0 saturated heterocycles. The van der Waals surface area contributed by atoms with Crippen LogP contribution in [0.4, 0.5) is 0 Å². The van der Waals surface area contributed by atoms with Crippen molar-refractivity contribution in [1.29, 1.82) is 0 Å². The maximum absolute atomic E-state index is 4.93. The van der Waals surface area contributed by atoms with Crippen molar-refractivity contribution in [1.82, 2.24) is 0 Å². The van der Waals surface area contributed by atoms with Gasteiger partial charge in [0.1, 0.15) is 0 Å². The van der Waals surface area contributed by atoms with Gasteiger partial charge in [-0.2, -0.15) is 17.2 Å². The van der Waals surface area contributed by atoms with E-state index in [1.54, 1.807) is 6.08 Å². The molecule has 0 aliphatic carbocycles. The molecule has 0 saturated carbocycles. The molecular formula is C15H24Cr. The molecule has 0 unspecified atom stereocenters. The van der Waals surface area contributed by atoms with Gasteiger partial charge in [0, 0.05) is 0 Å². The van der Waals surface area contributed by atoms with Gasteiger partial charge in [-0.15, -0.1) is 13.8 Å². The van der Waals surface area contributed by atoms with E-state index >= 15 is 0 Å². The van der Waals surface area contributed by atoms with Gasteiger partial charge in [0.15, 0.2) is 0 Å². The Hall–Kier alpha value is -0.508. The van der Waals surface area contributed by atoms with E-state index in [-0.39, 0.29) is 17.4 Å². The summed E-state index contributed by atoms with van der Waals surface area (Å²) in [7, 11) is 0. The van der Waals surface area contributed by atoms with Crippen molar-refractivity contribution in [3.63, 3.8) is 0 Å². The summed E-state index contributed by atoms with van der Waals surface area (Å²) < 4.78 is 0. The summed E-state index contributed by atoms with van der Waals surface area (Å²) in [6.45, 7) is 17.4. The first kappa shape index (κ1) is 20.9. The van der Waals surface area contributed by atoms with Gasteiger partial charge >= 0.3 is 17.4 Å². The van der Waals surface area contributed by atoms with Crippen LogP contribution in [0.5, 0.6) is 0 Å². The predicted octanol–water partition coefficient (Wildman–Crippen LogP) is 5.05. The summed E-state index contributed by atoms with van der Waals surface area (Å²) >= 11 is 0. The minimum atomic E-state index is 0. The van der Waals surface area contributed by atoms with Crippen molar-refractivity contribution in [2.75, 3.05) is 0 Å². The minimum Gasteiger partial charge on any atom is -0.293 e. The van der Waals surface area contributed by atoms with Crippen LogP contribution in [0, 0.1) is 12.7 Å². The number of rotatable bonds is 3. The SMILES string of the molecule is C[C-]=C(C)C(C)=C(C)CC.[CH-]=CC=CC.[Cr+2]. The predicted molar refractivity (Wildman–Crippen MR) is 70.5 cm³/mol. The van der Waals surface area contributed by atoms with Gasteiger partial charge in [-0.05, 0) is 0 Å². The van der Waals surface area contributed by atoms with Gasteiger partial charge in [-0.25, -0.2) is 17.7 Å². The molecule has 90 valence electrons. The summed E-state index contributed by atoms with van der Waals surface area (Å²) in [4.78, 5) is 0. The second kappa shape index (κ2) is 14.5. The van der Waals surface area contributed by atoms with Crippen LogP contribution in [-0.2, 0) is 17.4 Å². The molecule has 16 heavy (non-hydrogen) atoms. The Morgan fingerprint density at radius 3 is 1.94 bits per heavy atom. The molecule has 0 nitrogen and oxygen atoms in total. The molecule has 0 rings (SSSR count). The molecule has 0 heterocycles. The molecule has 0 amide bonds. The van der Waals surface area contributed by atoms with Crippen LogP contribution in [0.3, 0.4) is 0 Å². The largest absolute Gasteiger partial charge is 2.00 e. The van der Waals surface area contributed by atoms with E-state index in [1.165, 1.54) is 22.8 Å². The Labute approximate surface area is 113 Å². The fourth-order valence-electron chi connectivity index (χ4n) is 0.884. The molecule has 0 aromatic carbocycles. The van der Waals surface area contributed by atoms with Crippen molar-refractivity contribution in [3.05, 3.63) is 47.6 Å². The number of hydrogen-bond acceptors (Lipinski definition) is 0. The standard InChI is InChI=1S/C10H17.C5H7.Cr/c1-6-8(3)10(5)9(4)7-2;1-3-5-4-2;/h6H2,1-5H3;1,3-5H,2H3;/q2*-1;+2. The van der Waals surface area contributed by atoms with E-state index in [2.05, 4.69) is 33.8 Å². The van der Waals surface area contributed by atoms with Crippen LogP contribution < -0.4 is 0 Å². The van der Waals surface area contributed by atoms with Crippen molar-refractivity contribution >= 4 is 0 Å². The summed E-state index contributed by atoms with van der Waals surface area (Å²) in [5.41, 5.74) is 4.14. The van der Waals surface area contributed by atoms with Crippen molar-refractivity contribution in [2.45, 2.75) is 48.0 Å². The molecule has 0 spiro atoms. The van der Waals surface area contributed by atoms with Crippen LogP contribution in [0.2, 0.25) is 0 Å². The van der Waals surface area contributed by atoms with Crippen molar-refractivity contribution < 1.29 is 17.4 Å². The van der Waals surface area contributed by atoms with Gasteiger partial charge in [-0.3, -0.25) is 12.7 Å². The van der Waals surface area contributed by atoms with Gasteiger partial charge < -0.3 is 0 Å². The van der Waals surface area contributed by atoms with E-state index < -0.39 is 0 Å². The summed E-state index contributed by atoms with van der Waals surface area (Å²) in [6, 6.07) is 0. The van der Waals surface area contributed by atoms with Crippen molar-refractivity contribution in [3.8, 4) is 0 Å². The fraction of sp³-hybridized carbons (Fsp3) is 0.467. The third-order valence-electron chi connectivity index (χ3n) is 2.41. The van der Waals surface area contributed by atoms with Gasteiger partial charge in [0.25, 0.3) is 0 Å². The van der Waals surface area contributed by atoms with Crippen LogP contribution in [0.15, 0.2) is 34.9 Å². The smallest absolute Gasteiger partial charge is 0.293 e. The summed E-state index contributed by atoms with van der Waals surface area (Å²) in [5.74, 6) is 0. The fourth-order valence-corrected chi connectivity index (χ4v) is 0.884. The third-order valence-corrected chi connectivity index (χ3v) is 2.41. The van der Waals surface area contributed by atoms with Crippen LogP contribution >= 0.6 is 0 Å². The Kier molecular flexibility index (Phi) is 18.9. The average molecular weight is 256 g/mol. The van der Waals surface area contributed by atoms with Gasteiger partial charge in [-0.1, -0.05) is 34.1 Å². The minimum absolute atomic E-state index is 0. The molecule has 0 aliphatic rings. The summed E-state index contributed by atoms with van der Waals surface area (Å²) in [6.07, 6.45) is 9.44. The van der Waals surface area contributed by atoms with Crippen LogP contribution in [0.25, 0.3) is 0 Å². The zero-order chi connectivity index (χ0) is 12.3. The molecule has 0 bridgehead atoms. The molecular weight excluding hydrogens is 232 g/mol. The molecule has 0 N–H and O–H groups in total. The second-order valence-corrected chi connectivity index (χ2v) is 3.35. The van der Waals surface area contributed by atoms with Gasteiger partial charge in [0.05, 0.1) is 0 Å². The van der Waals surface area contributed by atoms with E-state index in [1.807, 2.05) is 19.9 Å². The normalized spacial score (nSPS) is 12.2. The molecule has 0 atom stereocenters. The molecule has 0 fully saturated rings. The van der Waals surface area contributed by atoms with Gasteiger partial charge in [0.2, 0.25) is 0 Å². The van der Waals surface area contributed by atoms with Crippen LogP contribution in [0.1, 0.15) is 48.0 Å². The Bertz CT molecular complexity index is 255. The first-order valence-corrected chi connectivity index (χ1v) is 5.39. The van der Waals surface area contributed by atoms with Crippen molar-refractivity contribution in [2.24, 2.45) is 0 Å². The first-order valence-electron chi connectivity index (χ1n) is 5.39. The maximum Gasteiger partial charge on any atom is 2.00 e. The molecule has 0 radical (unpaired) electrons. The number of allylic oxidation sites excluding steroid dienone is 7. The zero-order valence-corrected chi connectivity index (χ0v) is 12.7. The average Bonchev–Trinajstić information content (AvgIpc) is 2.27. The first-order chi connectivity index (χ1) is 7.04. The summed E-state index contributed by atoms with van der Waals surface area (Å²) in [5, 5.41) is 0. The Morgan fingerprint density at radius 2 is 1.75 bits per heavy atom. The molecule has 0 aromatic rings. The molecule has 1 heteroatoms. The Morgan fingerprint density at radius 1 is 1.25 bits per heavy atom. The van der Waals surface area contributed by atoms with E-state index in [4.69, 9.17) is 6.58 Å². The monoisotopic (exact) mass is 256 g/mol. The second-order valence-electron chi connectivity index (χ2n) is 3.35. The van der Waals surface area contributed by atoms with E-state index in [0.717, 1.165) is 6.42 Å². The molecule has 0 aliphatic heterocycles. The zero-order valence-electron chi connectivity index (χ0n) is 11.4. The third kappa shape index (κ3) is 11.6.